The molecule has 0 aliphatic rings. The number of carbonyl (C=O) groups excluding carboxylic acids is 2. The van der Waals surface area contributed by atoms with E-state index in [1.54, 1.807) is 14.1 Å². The molecule has 0 bridgehead atoms. The Bertz CT molecular complexity index is 178. The number of likely N-dealkylation sites (N-methyl/N-ethyl adjacent to an activating group) is 1. The summed E-state index contributed by atoms with van der Waals surface area (Å²) in [6.45, 7) is 2.48. The molecule has 0 heterocycles. The molecule has 0 aromatic heterocycles. The number of ketones is 1. The lowest BCUT2D eigenvalue weighted by Gasteiger charge is -2.08. The first kappa shape index (κ1) is 12.1. The van der Waals surface area contributed by atoms with E-state index < -0.39 is 11.7 Å². The molecule has 0 rings (SSSR count). The van der Waals surface area contributed by atoms with Crippen LogP contribution in [0.15, 0.2) is 0 Å². The Kier molecular flexibility index (Phi) is 6.14. The van der Waals surface area contributed by atoms with Crippen LogP contribution in [0, 0.1) is 0 Å². The third kappa shape index (κ3) is 5.36. The van der Waals surface area contributed by atoms with Gasteiger partial charge in [-0.25, -0.2) is 0 Å². The van der Waals surface area contributed by atoms with Gasteiger partial charge in [0.25, 0.3) is 5.91 Å². The molecule has 0 unspecified atom stereocenters. The summed E-state index contributed by atoms with van der Waals surface area (Å²) in [6, 6.07) is 0. The van der Waals surface area contributed by atoms with Crippen LogP contribution in [0.5, 0.6) is 0 Å². The summed E-state index contributed by atoms with van der Waals surface area (Å²) in [5.41, 5.74) is 0. The second kappa shape index (κ2) is 6.60. The molecule has 0 fully saturated rings. The molecule has 0 aliphatic carbocycles. The molecule has 0 radical (unpaired) electrons. The number of carbonyl (C=O) groups is 2. The maximum atomic E-state index is 11.0. The van der Waals surface area contributed by atoms with Crippen molar-refractivity contribution in [2.24, 2.45) is 0 Å². The predicted molar refractivity (Wildman–Crippen MR) is 49.4 cm³/mol. The van der Waals surface area contributed by atoms with Crippen LogP contribution in [-0.2, 0) is 14.3 Å². The molecule has 13 heavy (non-hydrogen) atoms. The second-order valence-corrected chi connectivity index (χ2v) is 3.03. The molecule has 4 nitrogen and oxygen atoms in total. The van der Waals surface area contributed by atoms with E-state index in [-0.39, 0.29) is 6.61 Å². The average Bonchev–Trinajstić information content (AvgIpc) is 2.10. The molecule has 4 heteroatoms. The third-order valence-corrected chi connectivity index (χ3v) is 1.52. The lowest BCUT2D eigenvalue weighted by atomic mass is 10.3. The van der Waals surface area contributed by atoms with E-state index in [1.165, 1.54) is 4.90 Å². The van der Waals surface area contributed by atoms with Gasteiger partial charge in [-0.05, 0) is 6.42 Å². The summed E-state index contributed by atoms with van der Waals surface area (Å²) in [7, 11) is 3.10. The molecule has 0 N–H and O–H groups in total. The molecule has 0 aromatic carbocycles. The maximum Gasteiger partial charge on any atom is 0.291 e. The van der Waals surface area contributed by atoms with Crippen molar-refractivity contribution in [3.8, 4) is 0 Å². The Hall–Kier alpha value is -0.900. The van der Waals surface area contributed by atoms with Gasteiger partial charge in [-0.15, -0.1) is 0 Å². The highest BCUT2D eigenvalue weighted by Crippen LogP contribution is 1.89. The number of rotatable bonds is 6. The largest absolute Gasteiger partial charge is 0.373 e. The Morgan fingerprint density at radius 2 is 1.92 bits per heavy atom. The fraction of sp³-hybridized carbons (Fsp3) is 0.778. The molecule has 1 amide bonds. The first-order chi connectivity index (χ1) is 6.09. The van der Waals surface area contributed by atoms with Crippen LogP contribution in [-0.4, -0.2) is 43.9 Å². The normalized spacial score (nSPS) is 9.77. The Morgan fingerprint density at radius 3 is 2.38 bits per heavy atom. The van der Waals surface area contributed by atoms with Crippen molar-refractivity contribution in [2.45, 2.75) is 19.8 Å². The van der Waals surface area contributed by atoms with Crippen molar-refractivity contribution in [1.82, 2.24) is 4.90 Å². The highest BCUT2D eigenvalue weighted by Gasteiger charge is 2.14. The summed E-state index contributed by atoms with van der Waals surface area (Å²) >= 11 is 0. The van der Waals surface area contributed by atoms with Crippen molar-refractivity contribution < 1.29 is 14.3 Å². The zero-order chi connectivity index (χ0) is 10.3. The minimum absolute atomic E-state index is 0.100. The summed E-state index contributed by atoms with van der Waals surface area (Å²) < 4.78 is 5.01. The van der Waals surface area contributed by atoms with E-state index in [9.17, 15) is 9.59 Å². The molecule has 0 saturated heterocycles. The van der Waals surface area contributed by atoms with Crippen molar-refractivity contribution >= 4 is 11.7 Å². The Labute approximate surface area is 78.9 Å². The van der Waals surface area contributed by atoms with E-state index in [2.05, 4.69) is 0 Å². The fourth-order valence-corrected chi connectivity index (χ4v) is 0.722. The highest BCUT2D eigenvalue weighted by atomic mass is 16.5. The molecular formula is C9H17NO3. The summed E-state index contributed by atoms with van der Waals surface area (Å²) in [5, 5.41) is 0. The van der Waals surface area contributed by atoms with Crippen LogP contribution in [0.3, 0.4) is 0 Å². The standard InChI is InChI=1S/C9H17NO3/c1-4-5-6-13-7-8(11)9(12)10(2)3/h4-7H2,1-3H3. The molecule has 0 atom stereocenters. The number of nitrogens with zero attached hydrogens (tertiary/aromatic N) is 1. The minimum atomic E-state index is -0.503. The van der Waals surface area contributed by atoms with Crippen molar-refractivity contribution in [3.63, 3.8) is 0 Å². The quantitative estimate of drug-likeness (QED) is 0.448. The first-order valence-corrected chi connectivity index (χ1v) is 4.41. The van der Waals surface area contributed by atoms with Gasteiger partial charge in [-0.2, -0.15) is 0 Å². The van der Waals surface area contributed by atoms with Gasteiger partial charge in [0.15, 0.2) is 0 Å². The van der Waals surface area contributed by atoms with E-state index in [0.717, 1.165) is 12.8 Å². The van der Waals surface area contributed by atoms with E-state index in [0.29, 0.717) is 6.61 Å². The summed E-state index contributed by atoms with van der Waals surface area (Å²) in [6.07, 6.45) is 1.94. The van der Waals surface area contributed by atoms with Crippen LogP contribution in [0.4, 0.5) is 0 Å². The van der Waals surface area contributed by atoms with Gasteiger partial charge in [0, 0.05) is 20.7 Å². The van der Waals surface area contributed by atoms with Gasteiger partial charge < -0.3 is 9.64 Å². The number of Topliss-reactive ketones (excluding diaryl/α,β-unsaturated/α-hetero) is 1. The number of hydrogen-bond donors (Lipinski definition) is 0. The lowest BCUT2D eigenvalue weighted by molar-refractivity contribution is -0.145. The summed E-state index contributed by atoms with van der Waals surface area (Å²) in [4.78, 5) is 23.3. The minimum Gasteiger partial charge on any atom is -0.373 e. The molecule has 0 spiro atoms. The van der Waals surface area contributed by atoms with Gasteiger partial charge in [-0.3, -0.25) is 9.59 Å². The van der Waals surface area contributed by atoms with Crippen LogP contribution in [0.25, 0.3) is 0 Å². The van der Waals surface area contributed by atoms with Gasteiger partial charge >= 0.3 is 0 Å². The molecule has 76 valence electrons. The first-order valence-electron chi connectivity index (χ1n) is 4.41. The number of ether oxygens (including phenoxy) is 1. The smallest absolute Gasteiger partial charge is 0.291 e. The Morgan fingerprint density at radius 1 is 1.31 bits per heavy atom. The maximum absolute atomic E-state index is 11.0. The SMILES string of the molecule is CCCCOCC(=O)C(=O)N(C)C. The lowest BCUT2D eigenvalue weighted by Crippen LogP contribution is -2.32. The summed E-state index contributed by atoms with van der Waals surface area (Å²) in [5.74, 6) is -0.988. The molecular weight excluding hydrogens is 170 g/mol. The van der Waals surface area contributed by atoms with E-state index in [4.69, 9.17) is 4.74 Å². The zero-order valence-corrected chi connectivity index (χ0v) is 8.50. The van der Waals surface area contributed by atoms with Crippen LogP contribution < -0.4 is 0 Å². The number of unbranched alkanes of at least 4 members (excludes halogenated alkanes) is 1. The van der Waals surface area contributed by atoms with Crippen molar-refractivity contribution in [1.29, 1.82) is 0 Å². The van der Waals surface area contributed by atoms with Crippen molar-refractivity contribution in [2.75, 3.05) is 27.3 Å². The van der Waals surface area contributed by atoms with Gasteiger partial charge in [0.2, 0.25) is 5.78 Å². The van der Waals surface area contributed by atoms with E-state index >= 15 is 0 Å². The van der Waals surface area contributed by atoms with Gasteiger partial charge in [0.1, 0.15) is 6.61 Å². The van der Waals surface area contributed by atoms with Gasteiger partial charge in [-0.1, -0.05) is 13.3 Å². The molecule has 0 saturated carbocycles. The molecule has 0 aromatic rings. The molecule has 0 aliphatic heterocycles. The average molecular weight is 187 g/mol. The third-order valence-electron chi connectivity index (χ3n) is 1.52. The van der Waals surface area contributed by atoms with Crippen LogP contribution >= 0.6 is 0 Å². The monoisotopic (exact) mass is 187 g/mol. The topological polar surface area (TPSA) is 46.6 Å². The second-order valence-electron chi connectivity index (χ2n) is 3.03. The van der Waals surface area contributed by atoms with E-state index in [1.807, 2.05) is 6.92 Å². The predicted octanol–water partition coefficient (Wildman–Crippen LogP) is 0.460. The van der Waals surface area contributed by atoms with Crippen LogP contribution in [0.2, 0.25) is 0 Å². The number of hydrogen-bond acceptors (Lipinski definition) is 3. The number of amides is 1. The highest BCUT2D eigenvalue weighted by molar-refractivity contribution is 6.36. The van der Waals surface area contributed by atoms with Crippen LogP contribution in [0.1, 0.15) is 19.8 Å². The zero-order valence-electron chi connectivity index (χ0n) is 8.50. The van der Waals surface area contributed by atoms with Gasteiger partial charge in [0.05, 0.1) is 0 Å². The fourth-order valence-electron chi connectivity index (χ4n) is 0.722. The van der Waals surface area contributed by atoms with Crippen molar-refractivity contribution in [3.05, 3.63) is 0 Å². The Balaban J connectivity index is 3.57.